The van der Waals surface area contributed by atoms with Gasteiger partial charge in [0.25, 0.3) is 5.91 Å². The monoisotopic (exact) mass is 417 g/mol. The molecule has 0 atom stereocenters. The lowest BCUT2D eigenvalue weighted by Gasteiger charge is -2.27. The van der Waals surface area contributed by atoms with E-state index in [1.165, 1.54) is 17.6 Å². The largest absolute Gasteiger partial charge is 0.482 e. The van der Waals surface area contributed by atoms with Crippen LogP contribution < -0.4 is 20.9 Å². The summed E-state index contributed by atoms with van der Waals surface area (Å²) in [5.74, 6) is -0.530. The molecule has 2 aromatic carbocycles. The second kappa shape index (κ2) is 9.45. The number of anilines is 1. The number of benzene rings is 2. The molecule has 7 nitrogen and oxygen atoms in total. The first kappa shape index (κ1) is 22.3. The normalized spacial score (nSPS) is 10.8. The van der Waals surface area contributed by atoms with Crippen molar-refractivity contribution in [1.29, 1.82) is 0 Å². The van der Waals surface area contributed by atoms with E-state index >= 15 is 0 Å². The molecular formula is C21H24ClN3O4. The molecule has 0 saturated carbocycles. The average Bonchev–Trinajstić information content (AvgIpc) is 2.67. The van der Waals surface area contributed by atoms with Gasteiger partial charge >= 0.3 is 6.03 Å². The lowest BCUT2D eigenvalue weighted by molar-refractivity contribution is -0.131. The molecule has 8 heteroatoms. The van der Waals surface area contributed by atoms with E-state index in [-0.39, 0.29) is 10.8 Å². The van der Waals surface area contributed by atoms with E-state index in [0.29, 0.717) is 5.69 Å². The summed E-state index contributed by atoms with van der Waals surface area (Å²) in [6.07, 6.45) is 0. The number of hydrogen-bond acceptors (Lipinski definition) is 4. The van der Waals surface area contributed by atoms with Gasteiger partial charge in [-0.25, -0.2) is 10.3 Å². The number of nitrogens with one attached hydrogen (secondary N) is 3. The van der Waals surface area contributed by atoms with Gasteiger partial charge in [0.05, 0.1) is 10.6 Å². The molecular weight excluding hydrogens is 394 g/mol. The van der Waals surface area contributed by atoms with Crippen molar-refractivity contribution in [1.82, 2.24) is 10.8 Å². The maximum Gasteiger partial charge on any atom is 0.319 e. The molecule has 0 aliphatic heterocycles. The van der Waals surface area contributed by atoms with Crippen LogP contribution >= 0.6 is 11.6 Å². The van der Waals surface area contributed by atoms with Gasteiger partial charge in [0.2, 0.25) is 0 Å². The van der Waals surface area contributed by atoms with Gasteiger partial charge in [-0.1, -0.05) is 42.0 Å². The highest BCUT2D eigenvalue weighted by atomic mass is 35.5. The quantitative estimate of drug-likeness (QED) is 0.398. The summed E-state index contributed by atoms with van der Waals surface area (Å²) in [7, 11) is 0. The molecule has 0 aromatic heterocycles. The van der Waals surface area contributed by atoms with Crippen LogP contribution in [0.25, 0.3) is 5.57 Å². The summed E-state index contributed by atoms with van der Waals surface area (Å²) in [5, 5.41) is 14.4. The third kappa shape index (κ3) is 6.23. The Morgan fingerprint density at radius 3 is 2.59 bits per heavy atom. The van der Waals surface area contributed by atoms with E-state index in [2.05, 4.69) is 17.2 Å². The maximum absolute atomic E-state index is 12.5. The average molecular weight is 418 g/mol. The van der Waals surface area contributed by atoms with Crippen molar-refractivity contribution >= 4 is 34.8 Å². The van der Waals surface area contributed by atoms with Crippen LogP contribution in [0.2, 0.25) is 5.02 Å². The molecule has 0 spiro atoms. The summed E-state index contributed by atoms with van der Waals surface area (Å²) >= 11 is 6.03. The minimum Gasteiger partial charge on any atom is -0.482 e. The Kier molecular flexibility index (Phi) is 7.25. The van der Waals surface area contributed by atoms with Gasteiger partial charge in [-0.2, -0.15) is 0 Å². The SMILES string of the molecule is C=C(C)c1cccc(C(C)(C)NC(=O)Nc2ccc(Cl)c(OCC(=O)NO)c2)c1. The first-order valence-corrected chi connectivity index (χ1v) is 9.21. The highest BCUT2D eigenvalue weighted by molar-refractivity contribution is 6.32. The van der Waals surface area contributed by atoms with Gasteiger partial charge in [-0.15, -0.1) is 0 Å². The Hall–Kier alpha value is -3.03. The molecule has 0 fully saturated rings. The number of allylic oxidation sites excluding steroid dienone is 1. The number of amides is 3. The number of halogens is 1. The van der Waals surface area contributed by atoms with Crippen LogP contribution in [0.15, 0.2) is 49.0 Å². The van der Waals surface area contributed by atoms with Crippen molar-refractivity contribution < 1.29 is 19.5 Å². The van der Waals surface area contributed by atoms with Crippen LogP contribution in [0, 0.1) is 0 Å². The Bertz CT molecular complexity index is 928. The predicted molar refractivity (Wildman–Crippen MR) is 113 cm³/mol. The van der Waals surface area contributed by atoms with Crippen LogP contribution in [0.4, 0.5) is 10.5 Å². The third-order valence-electron chi connectivity index (χ3n) is 4.18. The van der Waals surface area contributed by atoms with E-state index in [1.807, 2.05) is 45.0 Å². The highest BCUT2D eigenvalue weighted by Gasteiger charge is 2.23. The number of hydroxylamine groups is 1. The molecule has 3 amide bonds. The summed E-state index contributed by atoms with van der Waals surface area (Å²) in [5.41, 5.74) is 4.13. The van der Waals surface area contributed by atoms with Gasteiger partial charge in [-0.3, -0.25) is 10.0 Å². The Balaban J connectivity index is 2.09. The molecule has 2 rings (SSSR count). The molecule has 0 radical (unpaired) electrons. The number of urea groups is 1. The van der Waals surface area contributed by atoms with Crippen LogP contribution in [0.3, 0.4) is 0 Å². The first-order valence-electron chi connectivity index (χ1n) is 8.83. The van der Waals surface area contributed by atoms with E-state index in [9.17, 15) is 9.59 Å². The smallest absolute Gasteiger partial charge is 0.319 e. The summed E-state index contributed by atoms with van der Waals surface area (Å²) < 4.78 is 5.23. The van der Waals surface area contributed by atoms with E-state index in [4.69, 9.17) is 21.5 Å². The molecule has 0 aliphatic rings. The topological polar surface area (TPSA) is 99.7 Å². The van der Waals surface area contributed by atoms with Crippen molar-refractivity contribution in [3.63, 3.8) is 0 Å². The van der Waals surface area contributed by atoms with Crippen molar-refractivity contribution in [3.05, 3.63) is 65.2 Å². The van der Waals surface area contributed by atoms with Gasteiger partial charge in [-0.05, 0) is 50.1 Å². The standard InChI is InChI=1S/C21H24ClN3O4/c1-13(2)14-6-5-7-15(10-14)21(3,4)24-20(27)23-16-8-9-17(22)18(11-16)29-12-19(26)25-28/h5-11,28H,1,12H2,2-4H3,(H,25,26)(H2,23,24,27). The van der Waals surface area contributed by atoms with Gasteiger partial charge in [0.15, 0.2) is 6.61 Å². The zero-order valence-corrected chi connectivity index (χ0v) is 17.3. The molecule has 0 aliphatic carbocycles. The van der Waals surface area contributed by atoms with E-state index in [1.54, 1.807) is 6.07 Å². The van der Waals surface area contributed by atoms with Crippen molar-refractivity contribution in [2.45, 2.75) is 26.3 Å². The van der Waals surface area contributed by atoms with Crippen LogP contribution in [0.1, 0.15) is 31.9 Å². The lowest BCUT2D eigenvalue weighted by atomic mass is 9.92. The fraction of sp³-hybridized carbons (Fsp3) is 0.238. The van der Waals surface area contributed by atoms with Crippen molar-refractivity contribution in [2.75, 3.05) is 11.9 Å². The third-order valence-corrected chi connectivity index (χ3v) is 4.49. The van der Waals surface area contributed by atoms with Gasteiger partial charge in [0.1, 0.15) is 5.75 Å². The second-order valence-electron chi connectivity index (χ2n) is 7.03. The lowest BCUT2D eigenvalue weighted by Crippen LogP contribution is -2.43. The van der Waals surface area contributed by atoms with Crippen LogP contribution in [0.5, 0.6) is 5.75 Å². The molecule has 0 saturated heterocycles. The molecule has 0 unspecified atom stereocenters. The Morgan fingerprint density at radius 1 is 1.21 bits per heavy atom. The number of carbonyl (C=O) groups is 2. The Labute approximate surface area is 174 Å². The molecule has 2 aromatic rings. The molecule has 154 valence electrons. The van der Waals surface area contributed by atoms with Crippen molar-refractivity contribution in [2.24, 2.45) is 0 Å². The summed E-state index contributed by atoms with van der Waals surface area (Å²) in [6.45, 7) is 9.25. The predicted octanol–water partition coefficient (Wildman–Crippen LogP) is 4.31. The van der Waals surface area contributed by atoms with Crippen LogP contribution in [-0.2, 0) is 10.3 Å². The minimum atomic E-state index is -0.726. The zero-order valence-electron chi connectivity index (χ0n) is 16.5. The number of rotatable bonds is 7. The first-order chi connectivity index (χ1) is 13.6. The van der Waals surface area contributed by atoms with Gasteiger partial charge < -0.3 is 15.4 Å². The molecule has 29 heavy (non-hydrogen) atoms. The zero-order chi connectivity index (χ0) is 21.6. The molecule has 0 bridgehead atoms. The Morgan fingerprint density at radius 2 is 1.93 bits per heavy atom. The summed E-state index contributed by atoms with van der Waals surface area (Å²) in [4.78, 5) is 23.6. The van der Waals surface area contributed by atoms with Crippen LogP contribution in [-0.4, -0.2) is 23.8 Å². The maximum atomic E-state index is 12.5. The number of ether oxygens (including phenoxy) is 1. The second-order valence-corrected chi connectivity index (χ2v) is 7.44. The van der Waals surface area contributed by atoms with Gasteiger partial charge in [0, 0.05) is 11.8 Å². The molecule has 0 heterocycles. The fourth-order valence-corrected chi connectivity index (χ4v) is 2.73. The van der Waals surface area contributed by atoms with E-state index < -0.39 is 24.1 Å². The molecule has 4 N–H and O–H groups in total. The number of hydrogen-bond donors (Lipinski definition) is 4. The van der Waals surface area contributed by atoms with E-state index in [0.717, 1.165) is 16.7 Å². The minimum absolute atomic E-state index is 0.196. The summed E-state index contributed by atoms with van der Waals surface area (Å²) in [6, 6.07) is 12.0. The number of carbonyl (C=O) groups excluding carboxylic acids is 2. The van der Waals surface area contributed by atoms with Crippen molar-refractivity contribution in [3.8, 4) is 5.75 Å². The highest BCUT2D eigenvalue weighted by Crippen LogP contribution is 2.28. The fourth-order valence-electron chi connectivity index (χ4n) is 2.56.